The summed E-state index contributed by atoms with van der Waals surface area (Å²) < 4.78 is 6.94. The molecule has 10 nitrogen and oxygen atoms in total. The van der Waals surface area contributed by atoms with Gasteiger partial charge in [-0.25, -0.2) is 9.78 Å². The number of fused-ring (bicyclic) bond motifs is 1. The fourth-order valence-electron chi connectivity index (χ4n) is 4.06. The van der Waals surface area contributed by atoms with Gasteiger partial charge in [-0.2, -0.15) is 9.78 Å². The molecular weight excluding hydrogens is 536 g/mol. The normalized spacial score (nSPS) is 11.1. The molecular formula is C29H19ClN4O6. The minimum absolute atomic E-state index is 0.0464. The summed E-state index contributed by atoms with van der Waals surface area (Å²) in [4.78, 5) is 40.7. The number of hydrogen-bond acceptors (Lipinski definition) is 7. The molecule has 1 aromatic heterocycles. The predicted molar refractivity (Wildman–Crippen MR) is 150 cm³/mol. The number of nitrogens with zero attached hydrogens (tertiary/aromatic N) is 4. The number of aromatic nitrogens is 2. The lowest BCUT2D eigenvalue weighted by Crippen LogP contribution is -2.20. The molecule has 5 aromatic rings. The molecule has 5 rings (SSSR count). The monoisotopic (exact) mass is 554 g/mol. The van der Waals surface area contributed by atoms with Crippen molar-refractivity contribution in [3.63, 3.8) is 0 Å². The van der Waals surface area contributed by atoms with Crippen LogP contribution in [0.2, 0.25) is 5.02 Å². The Kier molecular flexibility index (Phi) is 7.34. The highest BCUT2D eigenvalue weighted by Crippen LogP contribution is 2.34. The third-order valence-corrected chi connectivity index (χ3v) is 6.13. The maximum absolute atomic E-state index is 13.5. The molecule has 0 saturated carbocycles. The van der Waals surface area contributed by atoms with E-state index in [-0.39, 0.29) is 34.3 Å². The molecule has 198 valence electrons. The molecule has 1 N–H and O–H groups in total. The van der Waals surface area contributed by atoms with Gasteiger partial charge < -0.3 is 9.84 Å². The quantitative estimate of drug-likeness (QED) is 0.146. The second-order valence-electron chi connectivity index (χ2n) is 8.57. The van der Waals surface area contributed by atoms with Gasteiger partial charge in [0, 0.05) is 22.2 Å². The topological polar surface area (TPSA) is 137 Å². The van der Waals surface area contributed by atoms with E-state index in [0.29, 0.717) is 22.0 Å². The minimum Gasteiger partial charge on any atom is -0.481 e. The molecule has 0 spiro atoms. The summed E-state index contributed by atoms with van der Waals surface area (Å²) in [5.74, 6) is -0.997. The Morgan fingerprint density at radius 3 is 2.55 bits per heavy atom. The van der Waals surface area contributed by atoms with Crippen molar-refractivity contribution in [2.75, 3.05) is 0 Å². The van der Waals surface area contributed by atoms with Gasteiger partial charge in [0.15, 0.2) is 5.82 Å². The average Bonchev–Trinajstić information content (AvgIpc) is 2.96. The number of aromatic carboxylic acids is 1. The fourth-order valence-corrected chi connectivity index (χ4v) is 4.28. The Morgan fingerprint density at radius 2 is 1.80 bits per heavy atom. The van der Waals surface area contributed by atoms with Crippen molar-refractivity contribution >= 4 is 40.4 Å². The first-order valence-corrected chi connectivity index (χ1v) is 12.2. The lowest BCUT2D eigenvalue weighted by molar-refractivity contribution is -0.385. The van der Waals surface area contributed by atoms with Crippen molar-refractivity contribution in [1.29, 1.82) is 0 Å². The van der Waals surface area contributed by atoms with Gasteiger partial charge in [-0.05, 0) is 35.9 Å². The van der Waals surface area contributed by atoms with Crippen molar-refractivity contribution in [2.24, 2.45) is 5.10 Å². The molecule has 40 heavy (non-hydrogen) atoms. The van der Waals surface area contributed by atoms with E-state index >= 15 is 0 Å². The number of rotatable bonds is 8. The highest BCUT2D eigenvalue weighted by atomic mass is 35.5. The number of carboxylic acids is 1. The van der Waals surface area contributed by atoms with E-state index in [1.54, 1.807) is 60.7 Å². The summed E-state index contributed by atoms with van der Waals surface area (Å²) in [7, 11) is 0. The third-order valence-electron chi connectivity index (χ3n) is 5.91. The van der Waals surface area contributed by atoms with Crippen LogP contribution in [0.1, 0.15) is 21.5 Å². The summed E-state index contributed by atoms with van der Waals surface area (Å²) in [5, 5.41) is 25.9. The van der Waals surface area contributed by atoms with Gasteiger partial charge >= 0.3 is 11.7 Å². The van der Waals surface area contributed by atoms with Crippen LogP contribution >= 0.6 is 11.6 Å². The molecule has 0 unspecified atom stereocenters. The van der Waals surface area contributed by atoms with Crippen LogP contribution in [0, 0.1) is 10.1 Å². The number of carbonyl (C=O) groups is 1. The minimum atomic E-state index is -1.11. The van der Waals surface area contributed by atoms with E-state index in [1.807, 2.05) is 6.07 Å². The van der Waals surface area contributed by atoms with Crippen LogP contribution in [0.25, 0.3) is 22.3 Å². The number of carboxylic acid groups (broad SMARTS) is 1. The molecule has 0 aliphatic heterocycles. The SMILES string of the molecule is O=C(O)c1cccc(COc2c(C=Nn3c(-c4ccccc4)nc4ccccc4c3=O)cc(Cl)cc2[N+](=O)[O-])c1. The summed E-state index contributed by atoms with van der Waals surface area (Å²) in [6, 6.07) is 24.4. The van der Waals surface area contributed by atoms with Crippen molar-refractivity contribution in [3.05, 3.63) is 133 Å². The Labute approximate surface area is 231 Å². The Bertz CT molecular complexity index is 1850. The molecule has 0 aliphatic rings. The number of halogens is 1. The summed E-state index contributed by atoms with van der Waals surface area (Å²) in [6.07, 6.45) is 1.24. The second kappa shape index (κ2) is 11.2. The number of para-hydroxylation sites is 1. The van der Waals surface area contributed by atoms with Crippen LogP contribution in [0.15, 0.2) is 101 Å². The number of nitro benzene ring substituents is 1. The van der Waals surface area contributed by atoms with E-state index in [2.05, 4.69) is 10.1 Å². The third kappa shape index (κ3) is 5.42. The number of hydrogen-bond donors (Lipinski definition) is 1. The summed E-state index contributed by atoms with van der Waals surface area (Å²) in [6.45, 7) is -0.169. The molecule has 11 heteroatoms. The number of benzene rings is 4. The maximum Gasteiger partial charge on any atom is 0.335 e. The first-order valence-electron chi connectivity index (χ1n) is 11.9. The predicted octanol–water partition coefficient (Wildman–Crippen LogP) is 5.78. The molecule has 0 saturated heterocycles. The van der Waals surface area contributed by atoms with Crippen LogP contribution in [0.5, 0.6) is 5.75 Å². The molecule has 0 amide bonds. The van der Waals surface area contributed by atoms with E-state index < -0.39 is 22.1 Å². The Hall–Kier alpha value is -5.35. The van der Waals surface area contributed by atoms with Gasteiger partial charge in [-0.1, -0.05) is 66.2 Å². The van der Waals surface area contributed by atoms with Gasteiger partial charge in [0.1, 0.15) is 6.61 Å². The summed E-state index contributed by atoms with van der Waals surface area (Å²) in [5.41, 5.74) is 0.921. The van der Waals surface area contributed by atoms with Crippen molar-refractivity contribution in [1.82, 2.24) is 9.66 Å². The van der Waals surface area contributed by atoms with Crippen LogP contribution in [0.4, 0.5) is 5.69 Å². The molecule has 4 aromatic carbocycles. The number of nitro groups is 1. The maximum atomic E-state index is 13.5. The molecule has 0 fully saturated rings. The van der Waals surface area contributed by atoms with E-state index in [4.69, 9.17) is 16.3 Å². The van der Waals surface area contributed by atoms with E-state index in [9.17, 15) is 24.8 Å². The summed E-state index contributed by atoms with van der Waals surface area (Å²) >= 11 is 6.19. The van der Waals surface area contributed by atoms with Crippen LogP contribution < -0.4 is 10.3 Å². The largest absolute Gasteiger partial charge is 0.481 e. The fraction of sp³-hybridized carbons (Fsp3) is 0.0345. The Balaban J connectivity index is 1.62. The van der Waals surface area contributed by atoms with Gasteiger partial charge in [-0.15, -0.1) is 0 Å². The molecule has 0 aliphatic carbocycles. The highest BCUT2D eigenvalue weighted by molar-refractivity contribution is 6.31. The lowest BCUT2D eigenvalue weighted by Gasteiger charge is -2.12. The van der Waals surface area contributed by atoms with Gasteiger partial charge in [-0.3, -0.25) is 14.9 Å². The molecule has 0 atom stereocenters. The Morgan fingerprint density at radius 1 is 1.05 bits per heavy atom. The van der Waals surface area contributed by atoms with Crippen LogP contribution in [-0.4, -0.2) is 31.9 Å². The standard InChI is InChI=1S/C29H19ClN4O6/c30-22-14-21(26(25(15-22)34(38)39)40-17-18-7-6-10-20(13-18)29(36)37)16-31-33-27(19-8-2-1-3-9-19)32-24-12-5-4-11-23(24)28(33)35/h1-16H,17H2,(H,36,37). The van der Waals surface area contributed by atoms with Gasteiger partial charge in [0.2, 0.25) is 5.75 Å². The highest BCUT2D eigenvalue weighted by Gasteiger charge is 2.21. The van der Waals surface area contributed by atoms with Crippen LogP contribution in [-0.2, 0) is 6.61 Å². The van der Waals surface area contributed by atoms with E-state index in [1.165, 1.54) is 24.4 Å². The van der Waals surface area contributed by atoms with Crippen molar-refractivity contribution < 1.29 is 19.6 Å². The second-order valence-corrected chi connectivity index (χ2v) is 9.01. The zero-order valence-corrected chi connectivity index (χ0v) is 21.4. The first kappa shape index (κ1) is 26.3. The number of ether oxygens (including phenoxy) is 1. The van der Waals surface area contributed by atoms with Crippen molar-refractivity contribution in [2.45, 2.75) is 6.61 Å². The smallest absolute Gasteiger partial charge is 0.335 e. The van der Waals surface area contributed by atoms with E-state index in [0.717, 1.165) is 10.7 Å². The average molecular weight is 555 g/mol. The van der Waals surface area contributed by atoms with Gasteiger partial charge in [0.05, 0.1) is 27.6 Å². The lowest BCUT2D eigenvalue weighted by atomic mass is 10.1. The van der Waals surface area contributed by atoms with Gasteiger partial charge in [0.25, 0.3) is 5.56 Å². The van der Waals surface area contributed by atoms with Crippen LogP contribution in [0.3, 0.4) is 0 Å². The molecule has 0 bridgehead atoms. The zero-order chi connectivity index (χ0) is 28.2. The molecule has 0 radical (unpaired) electrons. The first-order chi connectivity index (χ1) is 19.3. The van der Waals surface area contributed by atoms with Crippen molar-refractivity contribution in [3.8, 4) is 17.1 Å². The molecule has 1 heterocycles. The zero-order valence-electron chi connectivity index (χ0n) is 20.6.